The molecule has 15 atom stereocenters. The molecule has 1 aromatic heterocycles. The van der Waals surface area contributed by atoms with Crippen LogP contribution in [0.5, 0.6) is 0 Å². The van der Waals surface area contributed by atoms with Gasteiger partial charge < -0.3 is 87.8 Å². The van der Waals surface area contributed by atoms with Crippen LogP contribution in [-0.2, 0) is 38.1 Å². The number of aliphatic hydroxyl groups excluding tert-OH is 3. The Morgan fingerprint density at radius 3 is 2.26 bits per heavy atom. The number of urea groups is 1. The number of amides is 4. The molecule has 27 heteroatoms. The van der Waals surface area contributed by atoms with Crippen LogP contribution in [0.1, 0.15) is 59.6 Å². The second kappa shape index (κ2) is 24.5. The molecule has 0 radical (unpaired) electrons. The molecule has 2 fully saturated rings. The van der Waals surface area contributed by atoms with Crippen molar-refractivity contribution in [2.45, 2.75) is 139 Å². The number of aliphatic imine (C=N–C) groups is 1. The van der Waals surface area contributed by atoms with Crippen LogP contribution in [0.4, 0.5) is 4.79 Å². The van der Waals surface area contributed by atoms with Gasteiger partial charge in [-0.05, 0) is 37.6 Å². The molecule has 372 valence electrons. The molecule has 4 rings (SSSR count). The molecular weight excluding hydrogens is 878 g/mol. The first-order valence-corrected chi connectivity index (χ1v) is 21.7. The minimum Gasteiger partial charge on any atom is -0.480 e. The lowest BCUT2D eigenvalue weighted by Crippen LogP contribution is -2.64. The number of aromatic amines is 1. The maximum atomic E-state index is 13.9. The Morgan fingerprint density at radius 2 is 1.67 bits per heavy atom. The number of aliphatic carboxylic acids is 2. The number of hydrogen-bond acceptors (Lipinski definition) is 19. The molecule has 0 aliphatic carbocycles. The van der Waals surface area contributed by atoms with Gasteiger partial charge in [0.2, 0.25) is 11.8 Å². The predicted molar refractivity (Wildman–Crippen MR) is 229 cm³/mol. The SMILES string of the molecule is CCC(C)C(NC(=O)NC(C(=O)NC(CC(C)C)C(=O)NCCCNC(C(=O)O)C(OC1OC(CN)C(O)C1OC)C1OC(n2ccc(=O)[nH]c2=O)C(O)C1O)C1CCN=C(N)N1)C(=O)O. The molecular formula is C39H65N11O16. The van der Waals surface area contributed by atoms with E-state index in [4.69, 9.17) is 30.4 Å². The Kier molecular flexibility index (Phi) is 19.8. The third kappa shape index (κ3) is 13.7. The van der Waals surface area contributed by atoms with E-state index in [2.05, 4.69) is 36.9 Å². The number of methoxy groups -OCH3 is 1. The molecule has 1 aromatic rings. The number of carbonyl (C=O) groups is 5. The van der Waals surface area contributed by atoms with Gasteiger partial charge in [0.05, 0.1) is 6.04 Å². The number of nitrogens with zero attached hydrogens (tertiary/aromatic N) is 2. The summed E-state index contributed by atoms with van der Waals surface area (Å²) in [5.74, 6) is -4.72. The number of rotatable bonds is 24. The van der Waals surface area contributed by atoms with Crippen molar-refractivity contribution in [3.05, 3.63) is 33.1 Å². The van der Waals surface area contributed by atoms with E-state index in [-0.39, 0.29) is 57.3 Å². The van der Waals surface area contributed by atoms with E-state index >= 15 is 0 Å². The Balaban J connectivity index is 1.48. The fourth-order valence-corrected chi connectivity index (χ4v) is 7.80. The molecule has 4 amide bonds. The number of guanidine groups is 1. The van der Waals surface area contributed by atoms with Gasteiger partial charge >= 0.3 is 23.7 Å². The van der Waals surface area contributed by atoms with Gasteiger partial charge in [0, 0.05) is 39.0 Å². The summed E-state index contributed by atoms with van der Waals surface area (Å²) in [4.78, 5) is 95.9. The van der Waals surface area contributed by atoms with Crippen molar-refractivity contribution in [3.63, 3.8) is 0 Å². The fraction of sp³-hybridized carbons (Fsp3) is 0.744. The smallest absolute Gasteiger partial charge is 0.330 e. The fourth-order valence-electron chi connectivity index (χ4n) is 7.80. The van der Waals surface area contributed by atoms with Crippen LogP contribution >= 0.6 is 0 Å². The van der Waals surface area contributed by atoms with Gasteiger partial charge in [0.25, 0.3) is 5.56 Å². The van der Waals surface area contributed by atoms with E-state index in [0.29, 0.717) is 6.42 Å². The van der Waals surface area contributed by atoms with Crippen LogP contribution in [-0.4, -0.2) is 183 Å². The van der Waals surface area contributed by atoms with Crippen molar-refractivity contribution in [2.24, 2.45) is 28.3 Å². The van der Waals surface area contributed by atoms with Crippen molar-refractivity contribution in [1.82, 2.24) is 41.5 Å². The van der Waals surface area contributed by atoms with E-state index in [9.17, 15) is 59.1 Å². The molecule has 0 aromatic carbocycles. The first-order valence-electron chi connectivity index (χ1n) is 21.7. The number of ether oxygens (including phenoxy) is 4. The van der Waals surface area contributed by atoms with Crippen molar-refractivity contribution < 1.29 is 68.5 Å². The Morgan fingerprint density at radius 1 is 0.970 bits per heavy atom. The average molecular weight is 944 g/mol. The predicted octanol–water partition coefficient (Wildman–Crippen LogP) is -5.48. The molecule has 66 heavy (non-hydrogen) atoms. The molecule has 0 bridgehead atoms. The summed E-state index contributed by atoms with van der Waals surface area (Å²) < 4.78 is 23.9. The van der Waals surface area contributed by atoms with Gasteiger partial charge in [-0.1, -0.05) is 34.1 Å². The minimum atomic E-state index is -1.89. The third-order valence-corrected chi connectivity index (χ3v) is 11.6. The average Bonchev–Trinajstić information content (AvgIpc) is 3.73. The first-order chi connectivity index (χ1) is 31.2. The largest absolute Gasteiger partial charge is 0.480 e. The molecule has 4 heterocycles. The second-order valence-corrected chi connectivity index (χ2v) is 16.8. The third-order valence-electron chi connectivity index (χ3n) is 11.6. The Bertz CT molecular complexity index is 1970. The number of nitrogens with one attached hydrogen (secondary N) is 7. The van der Waals surface area contributed by atoms with Gasteiger partial charge in [0.15, 0.2) is 18.5 Å². The van der Waals surface area contributed by atoms with Crippen LogP contribution in [0.25, 0.3) is 0 Å². The van der Waals surface area contributed by atoms with E-state index in [0.717, 1.165) is 16.8 Å². The van der Waals surface area contributed by atoms with Gasteiger partial charge in [-0.2, -0.15) is 0 Å². The zero-order valence-electron chi connectivity index (χ0n) is 37.3. The van der Waals surface area contributed by atoms with E-state index < -0.39 is 132 Å². The molecule has 2 saturated heterocycles. The number of carboxylic acids is 2. The summed E-state index contributed by atoms with van der Waals surface area (Å²) >= 11 is 0. The Labute approximate surface area is 378 Å². The normalized spacial score (nSPS) is 27.9. The van der Waals surface area contributed by atoms with Crippen molar-refractivity contribution in [3.8, 4) is 0 Å². The number of aliphatic hydroxyl groups is 3. The highest BCUT2D eigenvalue weighted by Gasteiger charge is 2.54. The highest BCUT2D eigenvalue weighted by atomic mass is 16.7. The van der Waals surface area contributed by atoms with Crippen LogP contribution in [0.2, 0.25) is 0 Å². The van der Waals surface area contributed by atoms with E-state index in [1.165, 1.54) is 7.11 Å². The molecule has 0 saturated carbocycles. The highest BCUT2D eigenvalue weighted by Crippen LogP contribution is 2.35. The molecule has 16 N–H and O–H groups in total. The maximum Gasteiger partial charge on any atom is 0.330 e. The topological polar surface area (TPSA) is 415 Å². The lowest BCUT2D eigenvalue weighted by molar-refractivity contribution is -0.231. The number of hydrogen-bond donors (Lipinski definition) is 14. The van der Waals surface area contributed by atoms with Gasteiger partial charge in [-0.25, -0.2) is 14.4 Å². The molecule has 0 spiro atoms. The van der Waals surface area contributed by atoms with Crippen LogP contribution in [0.15, 0.2) is 26.8 Å². The number of aromatic nitrogens is 2. The van der Waals surface area contributed by atoms with Gasteiger partial charge in [0.1, 0.15) is 66.9 Å². The highest BCUT2D eigenvalue weighted by molar-refractivity contribution is 5.93. The Hall–Kier alpha value is -5.26. The molecule has 27 nitrogen and oxygen atoms in total. The summed E-state index contributed by atoms with van der Waals surface area (Å²) in [5, 5.41) is 69.2. The minimum absolute atomic E-state index is 0.0174. The summed E-state index contributed by atoms with van der Waals surface area (Å²) in [5.41, 5.74) is 9.87. The van der Waals surface area contributed by atoms with E-state index in [1.54, 1.807) is 13.8 Å². The standard InChI is InChI=1S/C39H65N11O16/c1-6-17(4)22(34(57)58)48-38(61)49-23(18-8-12-44-37(41)46-18)32(56)45-19(14-16(2)3)31(55)43-11-7-10-42-24(35(59)60)28(66-36-30(63-5)25(52)20(15-40)64-36)29-26(53)27(54)33(65-29)50-13-9-21(51)47-39(50)62/h9,13,16-20,22-30,33,36,42,52-54H,6-8,10-12,14-15,40H2,1-5H3,(H,43,55)(H,45,56)(H,57,58)(H,59,60)(H3,41,44,46)(H,47,51,62)(H2,48,49,61). The summed E-state index contributed by atoms with van der Waals surface area (Å²) in [6.07, 6.45) is -11.8. The maximum absolute atomic E-state index is 13.9. The number of H-pyrrole nitrogens is 1. The summed E-state index contributed by atoms with van der Waals surface area (Å²) in [6.45, 7) is 6.89. The number of carboxylic acid groups (broad SMARTS) is 2. The van der Waals surface area contributed by atoms with E-state index in [1.807, 2.05) is 18.8 Å². The molecule has 15 unspecified atom stereocenters. The van der Waals surface area contributed by atoms with Crippen molar-refractivity contribution in [2.75, 3.05) is 33.3 Å². The van der Waals surface area contributed by atoms with Crippen molar-refractivity contribution in [1.29, 1.82) is 0 Å². The van der Waals surface area contributed by atoms with Gasteiger partial charge in [-0.3, -0.25) is 33.7 Å². The van der Waals surface area contributed by atoms with Crippen LogP contribution < -0.4 is 54.6 Å². The number of nitrogens with two attached hydrogens (primary N) is 2. The zero-order chi connectivity index (χ0) is 49.0. The first kappa shape index (κ1) is 53.4. The quantitative estimate of drug-likeness (QED) is 0.0430. The second-order valence-electron chi connectivity index (χ2n) is 16.8. The summed E-state index contributed by atoms with van der Waals surface area (Å²) in [7, 11) is 1.24. The van der Waals surface area contributed by atoms with Crippen LogP contribution in [0.3, 0.4) is 0 Å². The lowest BCUT2D eigenvalue weighted by Gasteiger charge is -2.34. The molecule has 3 aliphatic heterocycles. The van der Waals surface area contributed by atoms with Crippen LogP contribution in [0, 0.1) is 11.8 Å². The lowest BCUT2D eigenvalue weighted by atomic mass is 9.98. The number of carbonyl (C=O) groups excluding carboxylic acids is 3. The van der Waals surface area contributed by atoms with Gasteiger partial charge in [-0.15, -0.1) is 0 Å². The van der Waals surface area contributed by atoms with Crippen molar-refractivity contribution >= 4 is 35.7 Å². The zero-order valence-corrected chi connectivity index (χ0v) is 37.3. The monoisotopic (exact) mass is 943 g/mol. The summed E-state index contributed by atoms with van der Waals surface area (Å²) in [6, 6.07) is -6.23. The molecule has 3 aliphatic rings.